The van der Waals surface area contributed by atoms with Gasteiger partial charge in [-0.05, 0) is 30.8 Å². The van der Waals surface area contributed by atoms with Crippen LogP contribution < -0.4 is 0 Å². The van der Waals surface area contributed by atoms with Crippen LogP contribution in [0.3, 0.4) is 0 Å². The van der Waals surface area contributed by atoms with E-state index in [1.54, 1.807) is 18.4 Å². The summed E-state index contributed by atoms with van der Waals surface area (Å²) in [5.41, 5.74) is 1.17. The molecule has 0 bridgehead atoms. The lowest BCUT2D eigenvalue weighted by atomic mass is 10.0. The van der Waals surface area contributed by atoms with Gasteiger partial charge >= 0.3 is 0 Å². The Labute approximate surface area is 130 Å². The Morgan fingerprint density at radius 3 is 2.73 bits per heavy atom. The van der Waals surface area contributed by atoms with Crippen LogP contribution in [0.1, 0.15) is 17.4 Å². The molecule has 3 rings (SSSR count). The number of hydrogen-bond acceptors (Lipinski definition) is 3. The number of amides is 1. The first-order valence-electron chi connectivity index (χ1n) is 7.50. The molecule has 0 N–H and O–H groups in total. The minimum absolute atomic E-state index is 0.0263. The quantitative estimate of drug-likeness (QED) is 0.817. The summed E-state index contributed by atoms with van der Waals surface area (Å²) >= 11 is 0. The van der Waals surface area contributed by atoms with E-state index in [0.29, 0.717) is 5.76 Å². The first kappa shape index (κ1) is 14.6. The van der Waals surface area contributed by atoms with Crippen LogP contribution in [-0.2, 0) is 4.79 Å². The largest absolute Gasteiger partial charge is 0.465 e. The number of hydrogen-bond donors (Lipinski definition) is 0. The van der Waals surface area contributed by atoms with Crippen LogP contribution in [-0.4, -0.2) is 42.4 Å². The molecule has 2 aromatic rings. The first-order chi connectivity index (χ1) is 10.7. The third-order valence-corrected chi connectivity index (χ3v) is 3.98. The molecule has 0 radical (unpaired) electrons. The minimum atomic E-state index is 0.0263. The predicted octanol–water partition coefficient (Wildman–Crippen LogP) is 2.81. The van der Waals surface area contributed by atoms with Gasteiger partial charge in [-0.3, -0.25) is 4.79 Å². The van der Waals surface area contributed by atoms with Crippen molar-refractivity contribution in [3.8, 4) is 0 Å². The maximum atomic E-state index is 12.6. The van der Waals surface area contributed by atoms with E-state index in [2.05, 4.69) is 24.1 Å². The van der Waals surface area contributed by atoms with Crippen molar-refractivity contribution >= 4 is 12.0 Å². The smallest absolute Gasteiger partial charge is 0.247 e. The number of rotatable bonds is 3. The average molecular weight is 296 g/mol. The molecule has 2 heterocycles. The predicted molar refractivity (Wildman–Crippen MR) is 86.1 cm³/mol. The van der Waals surface area contributed by atoms with E-state index in [1.807, 2.05) is 35.2 Å². The lowest BCUT2D eigenvalue weighted by Gasteiger charge is -2.39. The van der Waals surface area contributed by atoms with Gasteiger partial charge in [0.2, 0.25) is 5.91 Å². The standard InChI is InChI=1S/C18H20N2O2/c1-19-11-12-20(17(14-19)15-6-3-2-4-7-15)18(21)10-9-16-8-5-13-22-16/h2-10,13,17H,11-12,14H2,1H3. The van der Waals surface area contributed by atoms with Crippen molar-refractivity contribution in [2.45, 2.75) is 6.04 Å². The van der Waals surface area contributed by atoms with Crippen molar-refractivity contribution in [3.63, 3.8) is 0 Å². The Bertz CT molecular complexity index is 634. The van der Waals surface area contributed by atoms with Crippen LogP contribution in [0.5, 0.6) is 0 Å². The van der Waals surface area contributed by atoms with Crippen molar-refractivity contribution < 1.29 is 9.21 Å². The molecule has 0 spiro atoms. The van der Waals surface area contributed by atoms with E-state index in [9.17, 15) is 4.79 Å². The molecule has 1 unspecified atom stereocenters. The Balaban J connectivity index is 1.79. The first-order valence-corrected chi connectivity index (χ1v) is 7.50. The maximum Gasteiger partial charge on any atom is 0.247 e. The van der Waals surface area contributed by atoms with E-state index in [1.165, 1.54) is 5.56 Å². The molecule has 0 aliphatic carbocycles. The Morgan fingerprint density at radius 2 is 2.00 bits per heavy atom. The highest BCUT2D eigenvalue weighted by atomic mass is 16.3. The zero-order valence-electron chi connectivity index (χ0n) is 12.7. The molecule has 4 nitrogen and oxygen atoms in total. The zero-order valence-corrected chi connectivity index (χ0v) is 12.7. The van der Waals surface area contributed by atoms with E-state index >= 15 is 0 Å². The Kier molecular flexibility index (Phi) is 4.39. The third kappa shape index (κ3) is 3.28. The molecule has 1 aromatic carbocycles. The van der Waals surface area contributed by atoms with Crippen molar-refractivity contribution in [2.24, 2.45) is 0 Å². The summed E-state index contributed by atoms with van der Waals surface area (Å²) in [6, 6.07) is 13.9. The third-order valence-electron chi connectivity index (χ3n) is 3.98. The number of nitrogens with zero attached hydrogens (tertiary/aromatic N) is 2. The number of carbonyl (C=O) groups is 1. The highest BCUT2D eigenvalue weighted by Crippen LogP contribution is 2.25. The van der Waals surface area contributed by atoms with Gasteiger partial charge in [0.25, 0.3) is 0 Å². The van der Waals surface area contributed by atoms with E-state index in [4.69, 9.17) is 4.42 Å². The Morgan fingerprint density at radius 1 is 1.18 bits per heavy atom. The van der Waals surface area contributed by atoms with E-state index in [-0.39, 0.29) is 11.9 Å². The summed E-state index contributed by atoms with van der Waals surface area (Å²) in [5, 5.41) is 0. The molecule has 1 amide bonds. The fourth-order valence-corrected chi connectivity index (χ4v) is 2.78. The van der Waals surface area contributed by atoms with Crippen molar-refractivity contribution in [2.75, 3.05) is 26.7 Å². The number of piperazine rings is 1. The van der Waals surface area contributed by atoms with Gasteiger partial charge in [-0.2, -0.15) is 0 Å². The van der Waals surface area contributed by atoms with Crippen LogP contribution in [0.4, 0.5) is 0 Å². The lowest BCUT2D eigenvalue weighted by molar-refractivity contribution is -0.130. The van der Waals surface area contributed by atoms with E-state index < -0.39 is 0 Å². The molecular formula is C18H20N2O2. The van der Waals surface area contributed by atoms with Crippen LogP contribution in [0.25, 0.3) is 6.08 Å². The molecule has 1 aliphatic rings. The summed E-state index contributed by atoms with van der Waals surface area (Å²) in [5.74, 6) is 0.720. The fourth-order valence-electron chi connectivity index (χ4n) is 2.78. The van der Waals surface area contributed by atoms with Gasteiger partial charge in [0.1, 0.15) is 5.76 Å². The normalized spacial score (nSPS) is 19.7. The molecule has 1 aromatic heterocycles. The number of likely N-dealkylation sites (N-methyl/N-ethyl adjacent to an activating group) is 1. The second-order valence-corrected chi connectivity index (χ2v) is 5.57. The SMILES string of the molecule is CN1CCN(C(=O)C=Cc2ccco2)C(c2ccccc2)C1. The Hall–Kier alpha value is -2.33. The summed E-state index contributed by atoms with van der Waals surface area (Å²) < 4.78 is 5.23. The van der Waals surface area contributed by atoms with Crippen LogP contribution in [0.15, 0.2) is 59.2 Å². The molecule has 114 valence electrons. The van der Waals surface area contributed by atoms with Gasteiger partial charge in [-0.25, -0.2) is 0 Å². The second-order valence-electron chi connectivity index (χ2n) is 5.57. The number of benzene rings is 1. The summed E-state index contributed by atoms with van der Waals surface area (Å²) in [7, 11) is 2.09. The summed E-state index contributed by atoms with van der Waals surface area (Å²) in [6.45, 7) is 2.48. The molecule has 0 saturated carbocycles. The van der Waals surface area contributed by atoms with Crippen molar-refractivity contribution in [3.05, 3.63) is 66.1 Å². The number of carbonyl (C=O) groups excluding carboxylic acids is 1. The van der Waals surface area contributed by atoms with Crippen molar-refractivity contribution in [1.29, 1.82) is 0 Å². The van der Waals surface area contributed by atoms with Crippen LogP contribution >= 0.6 is 0 Å². The van der Waals surface area contributed by atoms with Gasteiger partial charge in [-0.1, -0.05) is 30.3 Å². The highest BCUT2D eigenvalue weighted by Gasteiger charge is 2.28. The molecule has 1 aliphatic heterocycles. The summed E-state index contributed by atoms with van der Waals surface area (Å²) in [6.07, 6.45) is 4.93. The molecular weight excluding hydrogens is 276 g/mol. The van der Waals surface area contributed by atoms with Gasteiger partial charge in [-0.15, -0.1) is 0 Å². The van der Waals surface area contributed by atoms with Crippen LogP contribution in [0.2, 0.25) is 0 Å². The van der Waals surface area contributed by atoms with Gasteiger partial charge in [0.15, 0.2) is 0 Å². The summed E-state index contributed by atoms with van der Waals surface area (Å²) in [4.78, 5) is 16.8. The molecule has 4 heteroatoms. The second kappa shape index (κ2) is 6.62. The highest BCUT2D eigenvalue weighted by molar-refractivity contribution is 5.91. The molecule has 22 heavy (non-hydrogen) atoms. The van der Waals surface area contributed by atoms with Gasteiger partial charge in [0.05, 0.1) is 12.3 Å². The lowest BCUT2D eigenvalue weighted by Crippen LogP contribution is -2.48. The molecule has 1 fully saturated rings. The van der Waals surface area contributed by atoms with Crippen LogP contribution in [0, 0.1) is 0 Å². The maximum absolute atomic E-state index is 12.6. The average Bonchev–Trinajstić information content (AvgIpc) is 3.07. The van der Waals surface area contributed by atoms with Gasteiger partial charge in [0, 0.05) is 25.7 Å². The fraction of sp³-hybridized carbons (Fsp3) is 0.278. The topological polar surface area (TPSA) is 36.7 Å². The number of furan rings is 1. The zero-order chi connectivity index (χ0) is 15.4. The van der Waals surface area contributed by atoms with Gasteiger partial charge < -0.3 is 14.2 Å². The molecule has 1 atom stereocenters. The molecule has 1 saturated heterocycles. The monoisotopic (exact) mass is 296 g/mol. The van der Waals surface area contributed by atoms with E-state index in [0.717, 1.165) is 19.6 Å². The van der Waals surface area contributed by atoms with Crippen molar-refractivity contribution in [1.82, 2.24) is 9.80 Å². The minimum Gasteiger partial charge on any atom is -0.465 e.